The van der Waals surface area contributed by atoms with Crippen LogP contribution in [0.3, 0.4) is 0 Å². The fourth-order valence-corrected chi connectivity index (χ4v) is 1.63. The predicted octanol–water partition coefficient (Wildman–Crippen LogP) is 2.65. The van der Waals surface area contributed by atoms with Crippen molar-refractivity contribution in [2.75, 3.05) is 0 Å². The minimum Gasteiger partial charge on any atom is -0.460 e. The molecule has 0 aliphatic heterocycles. The van der Waals surface area contributed by atoms with Crippen LogP contribution in [0.1, 0.15) is 31.9 Å². The van der Waals surface area contributed by atoms with Crippen molar-refractivity contribution >= 4 is 0 Å². The van der Waals surface area contributed by atoms with Crippen LogP contribution in [0, 0.1) is 6.92 Å². The maximum atomic E-state index is 5.94. The number of hydrogen-bond donors (Lipinski definition) is 2. The molecule has 0 fully saturated rings. The Labute approximate surface area is 101 Å². The number of aromatic nitrogens is 2. The number of aryl methyl sites for hydroxylation is 2. The molecule has 0 saturated heterocycles. The van der Waals surface area contributed by atoms with Gasteiger partial charge < -0.3 is 15.1 Å². The van der Waals surface area contributed by atoms with E-state index in [-0.39, 0.29) is 5.54 Å². The van der Waals surface area contributed by atoms with Crippen LogP contribution in [-0.2, 0) is 6.42 Å². The van der Waals surface area contributed by atoms with Gasteiger partial charge >= 0.3 is 0 Å². The maximum Gasteiger partial charge on any atom is 0.152 e. The van der Waals surface area contributed by atoms with E-state index in [1.807, 2.05) is 32.9 Å². The van der Waals surface area contributed by atoms with Crippen LogP contribution in [0.25, 0.3) is 11.5 Å². The summed E-state index contributed by atoms with van der Waals surface area (Å²) in [7, 11) is 0. The fraction of sp³-hybridized carbons (Fsp3) is 0.462. The summed E-state index contributed by atoms with van der Waals surface area (Å²) in [6, 6.07) is 3.89. The molecule has 3 N–H and O–H groups in total. The van der Waals surface area contributed by atoms with Gasteiger partial charge in [-0.25, -0.2) is 4.98 Å². The highest BCUT2D eigenvalue weighted by molar-refractivity contribution is 5.51. The van der Waals surface area contributed by atoms with Crippen molar-refractivity contribution in [1.29, 1.82) is 0 Å². The molecule has 0 radical (unpaired) electrons. The molecule has 4 nitrogen and oxygen atoms in total. The first-order valence-corrected chi connectivity index (χ1v) is 5.84. The molecule has 0 unspecified atom stereocenters. The first kappa shape index (κ1) is 11.9. The molecule has 2 aromatic heterocycles. The number of nitrogens with two attached hydrogens (primary N) is 1. The van der Waals surface area contributed by atoms with Gasteiger partial charge in [0.25, 0.3) is 0 Å². The van der Waals surface area contributed by atoms with Gasteiger partial charge in [-0.3, -0.25) is 0 Å². The molecular weight excluding hydrogens is 214 g/mol. The van der Waals surface area contributed by atoms with Crippen molar-refractivity contribution in [1.82, 2.24) is 9.97 Å². The highest BCUT2D eigenvalue weighted by Crippen LogP contribution is 2.20. The van der Waals surface area contributed by atoms with Crippen molar-refractivity contribution < 1.29 is 4.42 Å². The number of nitrogens with zero attached hydrogens (tertiary/aromatic N) is 1. The standard InChI is InChI=1S/C13H19N3O/c1-9-4-5-11(17-9)10-8-15-12(16-10)6-7-13(2,3)14/h4-5,8H,6-7,14H2,1-3H3,(H,15,16). The SMILES string of the molecule is Cc1ccc(-c2cnc(CCC(C)(C)N)[nH]2)o1. The van der Waals surface area contributed by atoms with E-state index < -0.39 is 0 Å². The molecule has 0 aliphatic rings. The summed E-state index contributed by atoms with van der Waals surface area (Å²) in [5.74, 6) is 2.68. The molecule has 0 saturated carbocycles. The Morgan fingerprint density at radius 2 is 2.18 bits per heavy atom. The minimum atomic E-state index is -0.159. The second-order valence-electron chi connectivity index (χ2n) is 5.14. The molecule has 2 rings (SSSR count). The Bertz CT molecular complexity index is 491. The van der Waals surface area contributed by atoms with Gasteiger partial charge in [0.05, 0.1) is 6.20 Å². The van der Waals surface area contributed by atoms with Gasteiger partial charge in [0.1, 0.15) is 17.3 Å². The third-order valence-corrected chi connectivity index (χ3v) is 2.64. The average Bonchev–Trinajstić information content (AvgIpc) is 2.81. The molecule has 92 valence electrons. The zero-order valence-corrected chi connectivity index (χ0v) is 10.6. The second-order valence-corrected chi connectivity index (χ2v) is 5.14. The van der Waals surface area contributed by atoms with Crippen molar-refractivity contribution in [3.63, 3.8) is 0 Å². The minimum absolute atomic E-state index is 0.159. The number of nitrogens with one attached hydrogen (secondary N) is 1. The normalized spacial score (nSPS) is 12.0. The van der Waals surface area contributed by atoms with E-state index in [4.69, 9.17) is 10.2 Å². The summed E-state index contributed by atoms with van der Waals surface area (Å²) in [6.07, 6.45) is 3.55. The number of hydrogen-bond acceptors (Lipinski definition) is 3. The smallest absolute Gasteiger partial charge is 0.152 e. The van der Waals surface area contributed by atoms with E-state index in [0.717, 1.165) is 35.9 Å². The van der Waals surface area contributed by atoms with Crippen LogP contribution < -0.4 is 5.73 Å². The van der Waals surface area contributed by atoms with Gasteiger partial charge in [-0.05, 0) is 39.3 Å². The summed E-state index contributed by atoms with van der Waals surface area (Å²) >= 11 is 0. The summed E-state index contributed by atoms with van der Waals surface area (Å²) in [4.78, 5) is 7.59. The largest absolute Gasteiger partial charge is 0.460 e. The van der Waals surface area contributed by atoms with Crippen molar-refractivity contribution in [2.24, 2.45) is 5.73 Å². The van der Waals surface area contributed by atoms with Crippen LogP contribution >= 0.6 is 0 Å². The Balaban J connectivity index is 2.06. The molecule has 4 heteroatoms. The van der Waals surface area contributed by atoms with E-state index in [2.05, 4.69) is 9.97 Å². The number of imidazole rings is 1. The molecule has 0 aromatic carbocycles. The zero-order chi connectivity index (χ0) is 12.5. The highest BCUT2D eigenvalue weighted by Gasteiger charge is 2.12. The Kier molecular flexibility index (Phi) is 3.07. The summed E-state index contributed by atoms with van der Waals surface area (Å²) in [6.45, 7) is 5.97. The Morgan fingerprint density at radius 1 is 1.41 bits per heavy atom. The zero-order valence-electron chi connectivity index (χ0n) is 10.6. The molecule has 0 atom stereocenters. The maximum absolute atomic E-state index is 5.94. The number of aromatic amines is 1. The second kappa shape index (κ2) is 4.37. The van der Waals surface area contributed by atoms with E-state index in [1.54, 1.807) is 6.20 Å². The number of rotatable bonds is 4. The lowest BCUT2D eigenvalue weighted by Gasteiger charge is -2.16. The molecule has 2 heterocycles. The lowest BCUT2D eigenvalue weighted by Crippen LogP contribution is -2.32. The molecule has 0 amide bonds. The van der Waals surface area contributed by atoms with Gasteiger partial charge in [0.15, 0.2) is 5.76 Å². The molecule has 0 bridgehead atoms. The van der Waals surface area contributed by atoms with Crippen molar-refractivity contribution in [3.05, 3.63) is 29.9 Å². The summed E-state index contributed by atoms with van der Waals surface area (Å²) in [5, 5.41) is 0. The van der Waals surface area contributed by atoms with Gasteiger partial charge in [-0.1, -0.05) is 0 Å². The first-order valence-electron chi connectivity index (χ1n) is 5.84. The lowest BCUT2D eigenvalue weighted by molar-refractivity contribution is 0.472. The third kappa shape index (κ3) is 3.20. The average molecular weight is 233 g/mol. The van der Waals surface area contributed by atoms with Crippen LogP contribution in [0.15, 0.2) is 22.7 Å². The summed E-state index contributed by atoms with van der Waals surface area (Å²) < 4.78 is 5.53. The Morgan fingerprint density at radius 3 is 2.76 bits per heavy atom. The van der Waals surface area contributed by atoms with Gasteiger partial charge in [0, 0.05) is 12.0 Å². The third-order valence-electron chi connectivity index (χ3n) is 2.64. The van der Waals surface area contributed by atoms with Gasteiger partial charge in [-0.15, -0.1) is 0 Å². The molecule has 2 aromatic rings. The van der Waals surface area contributed by atoms with E-state index in [1.165, 1.54) is 0 Å². The predicted molar refractivity (Wildman–Crippen MR) is 67.6 cm³/mol. The van der Waals surface area contributed by atoms with Crippen LogP contribution in [0.5, 0.6) is 0 Å². The van der Waals surface area contributed by atoms with Gasteiger partial charge in [-0.2, -0.15) is 0 Å². The topological polar surface area (TPSA) is 67.8 Å². The van der Waals surface area contributed by atoms with Gasteiger partial charge in [0.2, 0.25) is 0 Å². The van der Waals surface area contributed by atoms with Crippen molar-refractivity contribution in [2.45, 2.75) is 39.2 Å². The molecule has 0 spiro atoms. The van der Waals surface area contributed by atoms with E-state index >= 15 is 0 Å². The van der Waals surface area contributed by atoms with Crippen LogP contribution in [-0.4, -0.2) is 15.5 Å². The number of H-pyrrole nitrogens is 1. The highest BCUT2D eigenvalue weighted by atomic mass is 16.3. The van der Waals surface area contributed by atoms with Crippen molar-refractivity contribution in [3.8, 4) is 11.5 Å². The van der Waals surface area contributed by atoms with Crippen LogP contribution in [0.2, 0.25) is 0 Å². The lowest BCUT2D eigenvalue weighted by atomic mass is 10.0. The quantitative estimate of drug-likeness (QED) is 0.853. The van der Waals surface area contributed by atoms with E-state index in [0.29, 0.717) is 0 Å². The monoisotopic (exact) mass is 233 g/mol. The molecule has 0 aliphatic carbocycles. The fourth-order valence-electron chi connectivity index (χ4n) is 1.63. The van der Waals surface area contributed by atoms with Crippen LogP contribution in [0.4, 0.5) is 0 Å². The van der Waals surface area contributed by atoms with E-state index in [9.17, 15) is 0 Å². The Hall–Kier alpha value is -1.55. The molecular formula is C13H19N3O. The number of furan rings is 1. The molecule has 17 heavy (non-hydrogen) atoms. The first-order chi connectivity index (χ1) is 7.94. The summed E-state index contributed by atoms with van der Waals surface area (Å²) in [5.41, 5.74) is 6.71.